The van der Waals surface area contributed by atoms with E-state index in [-0.39, 0.29) is 0 Å². The van der Waals surface area contributed by atoms with E-state index < -0.39 is 11.7 Å². The van der Waals surface area contributed by atoms with Gasteiger partial charge in [-0.3, -0.25) is 0 Å². The monoisotopic (exact) mass is 245 g/mol. The minimum Gasteiger partial charge on any atom is -0.315 e. The van der Waals surface area contributed by atoms with Crippen molar-refractivity contribution in [2.45, 2.75) is 38.9 Å². The first kappa shape index (κ1) is 14.0. The maximum Gasteiger partial charge on any atom is 0.416 e. The molecule has 0 fully saturated rings. The van der Waals surface area contributed by atoms with Crippen molar-refractivity contribution in [1.82, 2.24) is 5.32 Å². The zero-order chi connectivity index (χ0) is 12.9. The van der Waals surface area contributed by atoms with Gasteiger partial charge in [-0.25, -0.2) is 0 Å². The lowest BCUT2D eigenvalue weighted by Gasteiger charge is -2.09. The molecule has 0 spiro atoms. The highest BCUT2D eigenvalue weighted by Crippen LogP contribution is 2.29. The molecule has 96 valence electrons. The Balaban J connectivity index is 2.41. The highest BCUT2D eigenvalue weighted by Gasteiger charge is 2.29. The number of aryl methyl sites for hydroxylation is 1. The van der Waals surface area contributed by atoms with E-state index in [1.807, 2.05) is 0 Å². The van der Waals surface area contributed by atoms with E-state index in [0.717, 1.165) is 37.1 Å². The van der Waals surface area contributed by atoms with Crippen molar-refractivity contribution >= 4 is 0 Å². The summed E-state index contributed by atoms with van der Waals surface area (Å²) in [5, 5.41) is 3.27. The van der Waals surface area contributed by atoms with E-state index in [1.165, 1.54) is 0 Å². The molecule has 0 radical (unpaired) electrons. The first-order valence-electron chi connectivity index (χ1n) is 5.79. The van der Waals surface area contributed by atoms with Crippen molar-refractivity contribution in [2.75, 3.05) is 6.54 Å². The van der Waals surface area contributed by atoms with Crippen molar-refractivity contribution in [3.05, 3.63) is 35.4 Å². The Morgan fingerprint density at radius 3 is 2.18 bits per heavy atom. The molecule has 1 aromatic rings. The van der Waals surface area contributed by atoms with Crippen molar-refractivity contribution in [1.29, 1.82) is 0 Å². The molecular formula is C13H18F3N. The molecule has 0 aliphatic rings. The average molecular weight is 245 g/mol. The third-order valence-corrected chi connectivity index (χ3v) is 2.48. The number of benzene rings is 1. The minimum atomic E-state index is -4.24. The summed E-state index contributed by atoms with van der Waals surface area (Å²) >= 11 is 0. The van der Waals surface area contributed by atoms with Gasteiger partial charge in [-0.1, -0.05) is 26.0 Å². The summed E-state index contributed by atoms with van der Waals surface area (Å²) in [7, 11) is 0. The number of alkyl halides is 3. The molecule has 0 saturated heterocycles. The fourth-order valence-corrected chi connectivity index (χ4v) is 1.54. The highest BCUT2D eigenvalue weighted by molar-refractivity contribution is 5.24. The molecule has 1 nitrogen and oxygen atoms in total. The molecule has 1 aromatic carbocycles. The molecule has 0 saturated carbocycles. The molecule has 0 unspecified atom stereocenters. The fourth-order valence-electron chi connectivity index (χ4n) is 1.54. The number of halogens is 3. The van der Waals surface area contributed by atoms with Crippen LogP contribution in [0.4, 0.5) is 13.2 Å². The van der Waals surface area contributed by atoms with Gasteiger partial charge in [0.1, 0.15) is 0 Å². The van der Waals surface area contributed by atoms with Gasteiger partial charge < -0.3 is 5.32 Å². The maximum absolute atomic E-state index is 12.3. The van der Waals surface area contributed by atoms with Gasteiger partial charge in [-0.2, -0.15) is 13.2 Å². The molecule has 0 heterocycles. The van der Waals surface area contributed by atoms with Crippen LogP contribution in [0.1, 0.15) is 31.4 Å². The molecule has 17 heavy (non-hydrogen) atoms. The average Bonchev–Trinajstić information content (AvgIpc) is 2.23. The van der Waals surface area contributed by atoms with Gasteiger partial charge in [0.15, 0.2) is 0 Å². The second-order valence-corrected chi connectivity index (χ2v) is 4.41. The quantitative estimate of drug-likeness (QED) is 0.781. The summed E-state index contributed by atoms with van der Waals surface area (Å²) in [6.45, 7) is 5.02. The van der Waals surface area contributed by atoms with Crippen LogP contribution in [-0.4, -0.2) is 12.6 Å². The van der Waals surface area contributed by atoms with Gasteiger partial charge in [0.05, 0.1) is 5.56 Å². The number of hydrogen-bond donors (Lipinski definition) is 1. The number of nitrogens with one attached hydrogen (secondary N) is 1. The van der Waals surface area contributed by atoms with Crippen LogP contribution in [0.2, 0.25) is 0 Å². The molecule has 0 bridgehead atoms. The fraction of sp³-hybridized carbons (Fsp3) is 0.538. The molecule has 0 amide bonds. The lowest BCUT2D eigenvalue weighted by Crippen LogP contribution is -2.23. The van der Waals surface area contributed by atoms with Crippen molar-refractivity contribution in [3.8, 4) is 0 Å². The summed E-state index contributed by atoms with van der Waals surface area (Å²) in [5.74, 6) is 0. The van der Waals surface area contributed by atoms with Crippen LogP contribution in [0.5, 0.6) is 0 Å². The summed E-state index contributed by atoms with van der Waals surface area (Å²) in [6.07, 6.45) is -2.50. The van der Waals surface area contributed by atoms with Crippen molar-refractivity contribution in [3.63, 3.8) is 0 Å². The van der Waals surface area contributed by atoms with E-state index in [9.17, 15) is 13.2 Å². The number of hydrogen-bond acceptors (Lipinski definition) is 1. The highest BCUT2D eigenvalue weighted by atomic mass is 19.4. The van der Waals surface area contributed by atoms with Gasteiger partial charge in [-0.05, 0) is 37.1 Å². The van der Waals surface area contributed by atoms with Gasteiger partial charge in [0, 0.05) is 6.04 Å². The van der Waals surface area contributed by atoms with Gasteiger partial charge in [0.25, 0.3) is 0 Å². The third-order valence-electron chi connectivity index (χ3n) is 2.48. The van der Waals surface area contributed by atoms with Crippen molar-refractivity contribution in [2.24, 2.45) is 0 Å². The van der Waals surface area contributed by atoms with Crippen LogP contribution >= 0.6 is 0 Å². The summed E-state index contributed by atoms with van der Waals surface area (Å²) < 4.78 is 36.9. The second-order valence-electron chi connectivity index (χ2n) is 4.41. The lowest BCUT2D eigenvalue weighted by molar-refractivity contribution is -0.137. The van der Waals surface area contributed by atoms with E-state index in [0.29, 0.717) is 6.04 Å². The Morgan fingerprint density at radius 1 is 1.12 bits per heavy atom. The van der Waals surface area contributed by atoms with Crippen LogP contribution in [0, 0.1) is 0 Å². The Kier molecular flexibility index (Phi) is 5.00. The SMILES string of the molecule is CC(C)NCCCc1ccc(C(F)(F)F)cc1. The Morgan fingerprint density at radius 2 is 1.71 bits per heavy atom. The summed E-state index contributed by atoms with van der Waals surface area (Å²) in [4.78, 5) is 0. The molecule has 0 aromatic heterocycles. The molecule has 0 aliphatic carbocycles. The van der Waals surface area contributed by atoms with Crippen LogP contribution in [0.3, 0.4) is 0 Å². The predicted molar refractivity (Wildman–Crippen MR) is 62.9 cm³/mol. The molecule has 0 aliphatic heterocycles. The van der Waals surface area contributed by atoms with E-state index in [4.69, 9.17) is 0 Å². The number of rotatable bonds is 5. The second kappa shape index (κ2) is 6.05. The van der Waals surface area contributed by atoms with Crippen LogP contribution in [-0.2, 0) is 12.6 Å². The topological polar surface area (TPSA) is 12.0 Å². The molecular weight excluding hydrogens is 227 g/mol. The Hall–Kier alpha value is -1.03. The molecule has 0 atom stereocenters. The largest absolute Gasteiger partial charge is 0.416 e. The smallest absolute Gasteiger partial charge is 0.315 e. The normalized spacial score (nSPS) is 12.1. The zero-order valence-corrected chi connectivity index (χ0v) is 10.1. The Bertz CT molecular complexity index is 328. The summed E-state index contributed by atoms with van der Waals surface area (Å²) in [5.41, 5.74) is 0.366. The van der Waals surface area contributed by atoms with E-state index >= 15 is 0 Å². The van der Waals surface area contributed by atoms with Crippen LogP contribution in [0.15, 0.2) is 24.3 Å². The van der Waals surface area contributed by atoms with E-state index in [2.05, 4.69) is 19.2 Å². The predicted octanol–water partition coefficient (Wildman–Crippen LogP) is 3.64. The van der Waals surface area contributed by atoms with Gasteiger partial charge in [0.2, 0.25) is 0 Å². The van der Waals surface area contributed by atoms with Crippen molar-refractivity contribution < 1.29 is 13.2 Å². The molecule has 1 rings (SSSR count). The standard InChI is InChI=1S/C13H18F3N/c1-10(2)17-9-3-4-11-5-7-12(8-6-11)13(14,15)16/h5-8,10,17H,3-4,9H2,1-2H3. The van der Waals surface area contributed by atoms with Crippen LogP contribution < -0.4 is 5.32 Å². The van der Waals surface area contributed by atoms with Gasteiger partial charge >= 0.3 is 6.18 Å². The van der Waals surface area contributed by atoms with Gasteiger partial charge in [-0.15, -0.1) is 0 Å². The first-order valence-corrected chi connectivity index (χ1v) is 5.79. The molecule has 4 heteroatoms. The van der Waals surface area contributed by atoms with Crippen LogP contribution in [0.25, 0.3) is 0 Å². The minimum absolute atomic E-state index is 0.447. The summed E-state index contributed by atoms with van der Waals surface area (Å²) in [6, 6.07) is 5.84. The molecule has 1 N–H and O–H groups in total. The lowest BCUT2D eigenvalue weighted by atomic mass is 10.1. The Labute approximate surface area is 100 Å². The van der Waals surface area contributed by atoms with E-state index in [1.54, 1.807) is 12.1 Å². The zero-order valence-electron chi connectivity index (χ0n) is 10.1. The maximum atomic E-state index is 12.3. The third kappa shape index (κ3) is 5.22. The first-order chi connectivity index (χ1) is 7.89.